The van der Waals surface area contributed by atoms with Crippen LogP contribution in [-0.2, 0) is 28.6 Å². The van der Waals surface area contributed by atoms with E-state index in [0.717, 1.165) is 75.5 Å². The largest absolute Gasteiger partial charge is 0.462 e. The van der Waals surface area contributed by atoms with Gasteiger partial charge in [0.05, 0.1) is 0 Å². The maximum absolute atomic E-state index is 12.8. The normalized spacial score (nSPS) is 12.1. The molecule has 0 aromatic heterocycles. The summed E-state index contributed by atoms with van der Waals surface area (Å²) in [5.74, 6) is 1.61. The zero-order chi connectivity index (χ0) is 44.9. The van der Waals surface area contributed by atoms with Gasteiger partial charge in [-0.2, -0.15) is 0 Å². The molecule has 0 saturated carbocycles. The number of unbranched alkanes of at least 4 members (excludes halogenated alkanes) is 31. The number of esters is 3. The average molecular weight is 863 g/mol. The molecule has 0 aromatic rings. The third-order valence-electron chi connectivity index (χ3n) is 12.4. The third-order valence-corrected chi connectivity index (χ3v) is 12.4. The highest BCUT2D eigenvalue weighted by Gasteiger charge is 2.19. The predicted molar refractivity (Wildman–Crippen MR) is 261 cm³/mol. The summed E-state index contributed by atoms with van der Waals surface area (Å²) in [7, 11) is 0. The van der Waals surface area contributed by atoms with Gasteiger partial charge in [0.25, 0.3) is 0 Å². The molecule has 0 fully saturated rings. The van der Waals surface area contributed by atoms with E-state index in [4.69, 9.17) is 14.2 Å². The van der Waals surface area contributed by atoms with Crippen LogP contribution in [-0.4, -0.2) is 37.2 Å². The molecule has 0 rings (SSSR count). The Balaban J connectivity index is 4.26. The van der Waals surface area contributed by atoms with Crippen molar-refractivity contribution in [1.82, 2.24) is 0 Å². The minimum absolute atomic E-state index is 0.0646. The zero-order valence-electron chi connectivity index (χ0n) is 42.0. The molecule has 0 radical (unpaired) electrons. The fourth-order valence-corrected chi connectivity index (χ4v) is 8.29. The van der Waals surface area contributed by atoms with Gasteiger partial charge in [-0.05, 0) is 37.0 Å². The van der Waals surface area contributed by atoms with Crippen molar-refractivity contribution in [3.63, 3.8) is 0 Å². The lowest BCUT2D eigenvalue weighted by molar-refractivity contribution is -0.167. The Labute approximate surface area is 380 Å². The van der Waals surface area contributed by atoms with Crippen LogP contribution in [0.25, 0.3) is 0 Å². The molecule has 0 bridgehead atoms. The van der Waals surface area contributed by atoms with E-state index in [1.54, 1.807) is 0 Å². The van der Waals surface area contributed by atoms with E-state index in [1.807, 2.05) is 0 Å². The van der Waals surface area contributed by atoms with E-state index in [1.165, 1.54) is 180 Å². The van der Waals surface area contributed by atoms with Crippen LogP contribution in [0, 0.1) is 17.8 Å². The molecular weight excluding hydrogens is 757 g/mol. The van der Waals surface area contributed by atoms with Gasteiger partial charge in [-0.25, -0.2) is 0 Å². The second-order valence-electron chi connectivity index (χ2n) is 20.3. The van der Waals surface area contributed by atoms with Gasteiger partial charge in [-0.15, -0.1) is 0 Å². The summed E-state index contributed by atoms with van der Waals surface area (Å²) in [6.07, 6.45) is 46.7. The topological polar surface area (TPSA) is 78.9 Å². The van der Waals surface area contributed by atoms with E-state index in [0.29, 0.717) is 19.3 Å². The van der Waals surface area contributed by atoms with Crippen LogP contribution in [0.4, 0.5) is 0 Å². The molecule has 61 heavy (non-hydrogen) atoms. The molecule has 0 aliphatic carbocycles. The molecule has 0 spiro atoms. The van der Waals surface area contributed by atoms with Crippen LogP contribution >= 0.6 is 0 Å². The molecule has 0 saturated heterocycles. The number of hydrogen-bond acceptors (Lipinski definition) is 6. The number of rotatable bonds is 48. The first kappa shape index (κ1) is 59.4. The summed E-state index contributed by atoms with van der Waals surface area (Å²) in [4.78, 5) is 38.0. The van der Waals surface area contributed by atoms with Crippen molar-refractivity contribution in [2.45, 2.75) is 304 Å². The number of carbonyl (C=O) groups is 3. The molecule has 0 aliphatic heterocycles. The minimum Gasteiger partial charge on any atom is -0.462 e. The van der Waals surface area contributed by atoms with E-state index in [-0.39, 0.29) is 31.1 Å². The van der Waals surface area contributed by atoms with Crippen molar-refractivity contribution in [2.24, 2.45) is 17.8 Å². The lowest BCUT2D eigenvalue weighted by atomic mass is 10.0. The predicted octanol–water partition coefficient (Wildman–Crippen LogP) is 17.6. The lowest BCUT2D eigenvalue weighted by Crippen LogP contribution is -2.30. The average Bonchev–Trinajstić information content (AvgIpc) is 3.22. The quantitative estimate of drug-likeness (QED) is 0.0344. The molecule has 1 atom stereocenters. The molecule has 6 heteroatoms. The summed E-state index contributed by atoms with van der Waals surface area (Å²) in [5.41, 5.74) is 0. The van der Waals surface area contributed by atoms with Crippen LogP contribution in [0.1, 0.15) is 298 Å². The second-order valence-corrected chi connectivity index (χ2v) is 20.3. The summed E-state index contributed by atoms with van der Waals surface area (Å²) < 4.78 is 16.8. The smallest absolute Gasteiger partial charge is 0.306 e. The van der Waals surface area contributed by atoms with E-state index in [2.05, 4.69) is 41.5 Å². The first-order valence-corrected chi connectivity index (χ1v) is 27.1. The first-order chi connectivity index (χ1) is 29.6. The molecule has 0 aromatic carbocycles. The Hall–Kier alpha value is -1.59. The van der Waals surface area contributed by atoms with Crippen molar-refractivity contribution >= 4 is 17.9 Å². The van der Waals surface area contributed by atoms with Crippen LogP contribution in [0.5, 0.6) is 0 Å². The molecule has 0 N–H and O–H groups in total. The molecule has 0 aliphatic rings. The standard InChI is InChI=1S/C55H106O6/c1-49(2)41-35-29-23-18-14-10-8-7-9-11-16-20-26-32-38-44-53(56)59-47-52(48-60-54(57)45-39-33-28-22-25-31-37-43-51(5)6)61-55(58)46-40-34-27-21-17-13-12-15-19-24-30-36-42-50(3)4/h49-52H,7-48H2,1-6H3/t52-/m1/s1. The fraction of sp³-hybridized carbons (Fsp3) is 0.945. The van der Waals surface area contributed by atoms with Gasteiger partial charge in [0, 0.05) is 19.3 Å². The van der Waals surface area contributed by atoms with Gasteiger partial charge in [-0.3, -0.25) is 14.4 Å². The Morgan fingerprint density at radius 3 is 0.705 bits per heavy atom. The van der Waals surface area contributed by atoms with Gasteiger partial charge in [0.1, 0.15) is 13.2 Å². The van der Waals surface area contributed by atoms with E-state index in [9.17, 15) is 14.4 Å². The second kappa shape index (κ2) is 46.4. The van der Waals surface area contributed by atoms with Crippen molar-refractivity contribution < 1.29 is 28.6 Å². The highest BCUT2D eigenvalue weighted by atomic mass is 16.6. The maximum atomic E-state index is 12.8. The van der Waals surface area contributed by atoms with Gasteiger partial charge < -0.3 is 14.2 Å². The molecule has 0 heterocycles. The SMILES string of the molecule is CC(C)CCCCCCCCCCCCCCCCCC(=O)OC[C@H](COC(=O)CCCCCCCCCC(C)C)OC(=O)CCCCCCCCCCCCCCC(C)C. The Morgan fingerprint density at radius 2 is 0.475 bits per heavy atom. The van der Waals surface area contributed by atoms with Crippen molar-refractivity contribution in [1.29, 1.82) is 0 Å². The maximum Gasteiger partial charge on any atom is 0.306 e. The highest BCUT2D eigenvalue weighted by molar-refractivity contribution is 5.71. The van der Waals surface area contributed by atoms with Gasteiger partial charge >= 0.3 is 17.9 Å². The van der Waals surface area contributed by atoms with Crippen LogP contribution in [0.2, 0.25) is 0 Å². The van der Waals surface area contributed by atoms with Crippen molar-refractivity contribution in [3.8, 4) is 0 Å². The molecular formula is C55H106O6. The highest BCUT2D eigenvalue weighted by Crippen LogP contribution is 2.18. The monoisotopic (exact) mass is 863 g/mol. The molecule has 362 valence electrons. The summed E-state index contributed by atoms with van der Waals surface area (Å²) in [6.45, 7) is 13.7. The van der Waals surface area contributed by atoms with Gasteiger partial charge in [-0.1, -0.05) is 260 Å². The lowest BCUT2D eigenvalue weighted by Gasteiger charge is -2.18. The van der Waals surface area contributed by atoms with Crippen molar-refractivity contribution in [3.05, 3.63) is 0 Å². The third kappa shape index (κ3) is 49.3. The summed E-state index contributed by atoms with van der Waals surface area (Å²) in [5, 5.41) is 0. The van der Waals surface area contributed by atoms with Crippen LogP contribution in [0.3, 0.4) is 0 Å². The molecule has 0 amide bonds. The van der Waals surface area contributed by atoms with E-state index < -0.39 is 6.10 Å². The zero-order valence-corrected chi connectivity index (χ0v) is 42.0. The Kier molecular flexibility index (Phi) is 45.2. The minimum atomic E-state index is -0.763. The molecule has 0 unspecified atom stereocenters. The number of carbonyl (C=O) groups excluding carboxylic acids is 3. The van der Waals surface area contributed by atoms with Crippen LogP contribution in [0.15, 0.2) is 0 Å². The van der Waals surface area contributed by atoms with Crippen molar-refractivity contribution in [2.75, 3.05) is 13.2 Å². The first-order valence-electron chi connectivity index (χ1n) is 27.1. The van der Waals surface area contributed by atoms with Crippen LogP contribution < -0.4 is 0 Å². The van der Waals surface area contributed by atoms with Gasteiger partial charge in [0.15, 0.2) is 6.10 Å². The fourth-order valence-electron chi connectivity index (χ4n) is 8.29. The Bertz CT molecular complexity index is 945. The number of hydrogen-bond donors (Lipinski definition) is 0. The Morgan fingerprint density at radius 1 is 0.279 bits per heavy atom. The summed E-state index contributed by atoms with van der Waals surface area (Å²) >= 11 is 0. The number of ether oxygens (including phenoxy) is 3. The molecule has 6 nitrogen and oxygen atoms in total. The summed E-state index contributed by atoms with van der Waals surface area (Å²) in [6, 6.07) is 0. The van der Waals surface area contributed by atoms with E-state index >= 15 is 0 Å². The van der Waals surface area contributed by atoms with Gasteiger partial charge in [0.2, 0.25) is 0 Å².